The van der Waals surface area contributed by atoms with E-state index < -0.39 is 32.7 Å². The van der Waals surface area contributed by atoms with Gasteiger partial charge in [0, 0.05) is 29.6 Å². The summed E-state index contributed by atoms with van der Waals surface area (Å²) in [6.45, 7) is 3.18. The van der Waals surface area contributed by atoms with Crippen LogP contribution in [0.2, 0.25) is 0 Å². The van der Waals surface area contributed by atoms with Gasteiger partial charge < -0.3 is 5.11 Å². The molecule has 1 aliphatic heterocycles. The number of benzene rings is 2. The summed E-state index contributed by atoms with van der Waals surface area (Å²) in [5.74, 6) is -1.17. The molecule has 2 N–H and O–H groups in total. The minimum absolute atomic E-state index is 0. The Bertz CT molecular complexity index is 1070. The number of nitrogens with zero attached hydrogens (tertiary/aromatic N) is 4. The van der Waals surface area contributed by atoms with Gasteiger partial charge in [-0.3, -0.25) is 9.35 Å². The van der Waals surface area contributed by atoms with Gasteiger partial charge in [0.05, 0.1) is 11.4 Å². The minimum Gasteiger partial charge on any atom is -0.504 e. The molecule has 141 valence electrons. The molecule has 11 heteroatoms. The van der Waals surface area contributed by atoms with Crippen molar-refractivity contribution >= 4 is 62.7 Å². The molecule has 1 atom stereocenters. The summed E-state index contributed by atoms with van der Waals surface area (Å²) in [6.07, 6.45) is 0. The third-order valence-corrected chi connectivity index (χ3v) is 4.72. The molecule has 1 unspecified atom stereocenters. The van der Waals surface area contributed by atoms with Crippen molar-refractivity contribution in [1.29, 1.82) is 0 Å². The molecule has 0 aromatic heterocycles. The number of amides is 1. The molecule has 0 saturated carbocycles. The van der Waals surface area contributed by atoms with Crippen LogP contribution in [0, 0.1) is 6.92 Å². The summed E-state index contributed by atoms with van der Waals surface area (Å²) >= 11 is 0. The fraction of sp³-hybridized carbons (Fsp3) is 0.176. The molecule has 0 bridgehead atoms. The molecule has 9 nitrogen and oxygen atoms in total. The van der Waals surface area contributed by atoms with E-state index in [0.717, 1.165) is 6.07 Å². The third-order valence-electron chi connectivity index (χ3n) is 3.85. The van der Waals surface area contributed by atoms with E-state index in [-0.39, 0.29) is 35.2 Å². The van der Waals surface area contributed by atoms with Gasteiger partial charge in [-0.25, -0.2) is 0 Å². The van der Waals surface area contributed by atoms with Crippen LogP contribution in [0.25, 0.3) is 0 Å². The molecule has 0 aliphatic carbocycles. The van der Waals surface area contributed by atoms with E-state index in [1.807, 2.05) is 6.07 Å². The van der Waals surface area contributed by atoms with Crippen LogP contribution in [0.15, 0.2) is 62.7 Å². The number of aromatic hydroxyl groups is 1. The summed E-state index contributed by atoms with van der Waals surface area (Å²) in [5.41, 5.74) is 1.23. The molecule has 2 aromatic rings. The zero-order valence-corrected chi connectivity index (χ0v) is 18.3. The van der Waals surface area contributed by atoms with Gasteiger partial charge in [-0.05, 0) is 43.7 Å². The van der Waals surface area contributed by atoms with E-state index in [1.54, 1.807) is 38.1 Å². The summed E-state index contributed by atoms with van der Waals surface area (Å²) in [6, 6.07) is 10.3. The number of hydrazone groups is 1. The zero-order valence-electron chi connectivity index (χ0n) is 15.4. The summed E-state index contributed by atoms with van der Waals surface area (Å²) in [5, 5.41) is 23.2. The SMILES string of the molecule is CC1=NN(c2ccccc2)C(=O)C1N=Nc1cc(C)cc(S(=O)(=O)O)c1O.[Na]. The Kier molecular flexibility index (Phi) is 6.73. The second kappa shape index (κ2) is 8.50. The maximum atomic E-state index is 12.6. The van der Waals surface area contributed by atoms with Gasteiger partial charge in [-0.2, -0.15) is 28.8 Å². The Balaban J connectivity index is 0.00000280. The molecule has 2 aromatic carbocycles. The van der Waals surface area contributed by atoms with Gasteiger partial charge in [-0.15, -0.1) is 0 Å². The van der Waals surface area contributed by atoms with E-state index in [9.17, 15) is 22.9 Å². The first kappa shape index (κ1) is 22.2. The molecule has 1 radical (unpaired) electrons. The Morgan fingerprint density at radius 3 is 2.39 bits per heavy atom. The average molecular weight is 411 g/mol. The Labute approximate surface area is 183 Å². The zero-order chi connectivity index (χ0) is 19.8. The molecule has 1 amide bonds. The third kappa shape index (κ3) is 4.47. The number of hydrogen-bond acceptors (Lipinski definition) is 7. The summed E-state index contributed by atoms with van der Waals surface area (Å²) < 4.78 is 31.9. The first-order chi connectivity index (χ1) is 12.7. The van der Waals surface area contributed by atoms with E-state index in [4.69, 9.17) is 0 Å². The van der Waals surface area contributed by atoms with Crippen molar-refractivity contribution in [1.82, 2.24) is 0 Å². The smallest absolute Gasteiger partial charge is 0.298 e. The number of para-hydroxylation sites is 1. The molecule has 1 aliphatic rings. The molecule has 0 spiro atoms. The molecule has 0 saturated heterocycles. The van der Waals surface area contributed by atoms with Gasteiger partial charge >= 0.3 is 0 Å². The van der Waals surface area contributed by atoms with Crippen LogP contribution < -0.4 is 5.01 Å². The Morgan fingerprint density at radius 2 is 1.79 bits per heavy atom. The fourth-order valence-corrected chi connectivity index (χ4v) is 3.25. The molecule has 3 rings (SSSR count). The van der Waals surface area contributed by atoms with Crippen molar-refractivity contribution in [2.24, 2.45) is 15.3 Å². The van der Waals surface area contributed by atoms with E-state index >= 15 is 0 Å². The standard InChI is InChI=1S/C17H16N4O5S.Na/c1-10-8-13(16(22)14(9-10)27(24,25)26)18-19-15-11(2)20-21(17(15)23)12-6-4-3-5-7-12;/h3-9,15,22H,1-2H3,(H,24,25,26);. The van der Waals surface area contributed by atoms with Crippen molar-refractivity contribution in [3.05, 3.63) is 48.0 Å². The van der Waals surface area contributed by atoms with Crippen LogP contribution in [0.3, 0.4) is 0 Å². The molecule has 1 heterocycles. The first-order valence-electron chi connectivity index (χ1n) is 7.84. The maximum Gasteiger partial charge on any atom is 0.298 e. The predicted molar refractivity (Wildman–Crippen MR) is 104 cm³/mol. The van der Waals surface area contributed by atoms with E-state index in [1.165, 1.54) is 11.1 Å². The number of phenols is 1. The normalized spacial score (nSPS) is 17.0. The quantitative estimate of drug-likeness (QED) is 0.453. The average Bonchev–Trinajstić information content (AvgIpc) is 2.89. The fourth-order valence-electron chi connectivity index (χ4n) is 2.56. The Hall–Kier alpha value is -2.11. The van der Waals surface area contributed by atoms with Crippen molar-refractivity contribution in [2.45, 2.75) is 24.8 Å². The Morgan fingerprint density at radius 1 is 1.14 bits per heavy atom. The van der Waals surface area contributed by atoms with Gasteiger partial charge in [0.1, 0.15) is 10.6 Å². The van der Waals surface area contributed by atoms with Crippen molar-refractivity contribution < 1.29 is 22.9 Å². The van der Waals surface area contributed by atoms with Crippen molar-refractivity contribution in [3.63, 3.8) is 0 Å². The molecular formula is C17H16N4NaO5S. The van der Waals surface area contributed by atoms with Crippen LogP contribution in [-0.2, 0) is 14.9 Å². The van der Waals surface area contributed by atoms with Gasteiger partial charge in [0.15, 0.2) is 11.8 Å². The van der Waals surface area contributed by atoms with Crippen molar-refractivity contribution in [2.75, 3.05) is 5.01 Å². The second-order valence-corrected chi connectivity index (χ2v) is 7.34. The molecule has 28 heavy (non-hydrogen) atoms. The summed E-state index contributed by atoms with van der Waals surface area (Å²) in [4.78, 5) is 11.9. The number of anilines is 1. The van der Waals surface area contributed by atoms with E-state index in [0.29, 0.717) is 17.0 Å². The number of phenolic OH excluding ortho intramolecular Hbond substituents is 1. The topological polar surface area (TPSA) is 132 Å². The largest absolute Gasteiger partial charge is 0.504 e. The number of hydrogen-bond donors (Lipinski definition) is 2. The number of rotatable bonds is 4. The number of carbonyl (C=O) groups is 1. The molecule has 0 fully saturated rings. The minimum atomic E-state index is -4.63. The number of azo groups is 1. The predicted octanol–water partition coefficient (Wildman–Crippen LogP) is 2.44. The monoisotopic (exact) mass is 411 g/mol. The van der Waals surface area contributed by atoms with Crippen molar-refractivity contribution in [3.8, 4) is 5.75 Å². The van der Waals surface area contributed by atoms with Gasteiger partial charge in [0.25, 0.3) is 16.0 Å². The van der Waals surface area contributed by atoms with Gasteiger partial charge in [0.2, 0.25) is 0 Å². The molecular weight excluding hydrogens is 395 g/mol. The van der Waals surface area contributed by atoms with Crippen LogP contribution >= 0.6 is 0 Å². The maximum absolute atomic E-state index is 12.6. The van der Waals surface area contributed by atoms with Gasteiger partial charge in [-0.1, -0.05) is 18.2 Å². The number of carbonyl (C=O) groups excluding carboxylic acids is 1. The second-order valence-electron chi connectivity index (χ2n) is 5.95. The van der Waals surface area contributed by atoms with Crippen LogP contribution in [0.4, 0.5) is 11.4 Å². The van der Waals surface area contributed by atoms with Crippen LogP contribution in [0.5, 0.6) is 5.75 Å². The van der Waals surface area contributed by atoms with Crippen LogP contribution in [-0.4, -0.2) is 65.3 Å². The summed E-state index contributed by atoms with van der Waals surface area (Å²) in [7, 11) is -4.63. The van der Waals surface area contributed by atoms with Crippen LogP contribution in [0.1, 0.15) is 12.5 Å². The van der Waals surface area contributed by atoms with E-state index in [2.05, 4.69) is 15.3 Å². The first-order valence-corrected chi connectivity index (χ1v) is 9.28. The number of aryl methyl sites for hydroxylation is 1.